The molecule has 1 aliphatic rings. The van der Waals surface area contributed by atoms with Crippen LogP contribution in [-0.4, -0.2) is 42.7 Å². The van der Waals surface area contributed by atoms with Gasteiger partial charge in [0.15, 0.2) is 0 Å². The molecule has 0 amide bonds. The number of hydrogen-bond donors (Lipinski definition) is 1. The summed E-state index contributed by atoms with van der Waals surface area (Å²) < 4.78 is 4.89. The number of carbonyl (C=O) groups is 1. The summed E-state index contributed by atoms with van der Waals surface area (Å²) in [5.41, 5.74) is 3.02. The molecule has 0 radical (unpaired) electrons. The van der Waals surface area contributed by atoms with Gasteiger partial charge in [-0.05, 0) is 61.1 Å². The minimum absolute atomic E-state index is 0.252. The van der Waals surface area contributed by atoms with E-state index in [1.807, 2.05) is 36.4 Å². The monoisotopic (exact) mass is 339 g/mol. The molecule has 1 heterocycles. The van der Waals surface area contributed by atoms with Crippen molar-refractivity contribution in [2.45, 2.75) is 19.3 Å². The van der Waals surface area contributed by atoms with Crippen LogP contribution in [0, 0.1) is 5.92 Å². The van der Waals surface area contributed by atoms with E-state index in [2.05, 4.69) is 4.90 Å². The molecule has 0 bridgehead atoms. The zero-order chi connectivity index (χ0) is 17.6. The van der Waals surface area contributed by atoms with Gasteiger partial charge in [-0.3, -0.25) is 0 Å². The van der Waals surface area contributed by atoms with Crippen LogP contribution in [0.25, 0.3) is 0 Å². The second-order valence-corrected chi connectivity index (χ2v) is 6.72. The maximum atomic E-state index is 11.9. The van der Waals surface area contributed by atoms with Gasteiger partial charge in [-0.25, -0.2) is 4.79 Å². The molecule has 0 saturated carbocycles. The van der Waals surface area contributed by atoms with Gasteiger partial charge in [0.05, 0.1) is 12.7 Å². The quantitative estimate of drug-likeness (QED) is 0.821. The Morgan fingerprint density at radius 3 is 2.72 bits per heavy atom. The smallest absolute Gasteiger partial charge is 0.338 e. The minimum Gasteiger partial charge on any atom is -0.508 e. The van der Waals surface area contributed by atoms with Crippen molar-refractivity contribution in [3.8, 4) is 5.75 Å². The maximum Gasteiger partial charge on any atom is 0.338 e. The van der Waals surface area contributed by atoms with Crippen molar-refractivity contribution < 1.29 is 14.6 Å². The number of nitrogens with zero attached hydrogens (tertiary/aromatic N) is 1. The van der Waals surface area contributed by atoms with Crippen LogP contribution >= 0.6 is 0 Å². The predicted octanol–water partition coefficient (Wildman–Crippen LogP) is 3.29. The number of hydrogen-bond acceptors (Lipinski definition) is 4. The van der Waals surface area contributed by atoms with Crippen molar-refractivity contribution >= 4 is 5.97 Å². The summed E-state index contributed by atoms with van der Waals surface area (Å²) >= 11 is 0. The molecule has 3 rings (SSSR count). The molecule has 1 aliphatic heterocycles. The van der Waals surface area contributed by atoms with E-state index in [0.717, 1.165) is 44.5 Å². The van der Waals surface area contributed by atoms with Gasteiger partial charge in [0.25, 0.3) is 0 Å². The number of methoxy groups -OCH3 is 1. The summed E-state index contributed by atoms with van der Waals surface area (Å²) in [6.07, 6.45) is 3.07. The van der Waals surface area contributed by atoms with Crippen molar-refractivity contribution in [1.29, 1.82) is 0 Å². The summed E-state index contributed by atoms with van der Waals surface area (Å²) in [5.74, 6) is 0.637. The van der Waals surface area contributed by atoms with Gasteiger partial charge in [-0.2, -0.15) is 0 Å². The molecule has 1 saturated heterocycles. The Hall–Kier alpha value is -2.33. The molecule has 1 atom stereocenters. The molecule has 132 valence electrons. The number of aromatic hydroxyl groups is 1. The maximum absolute atomic E-state index is 11.9. The van der Waals surface area contributed by atoms with E-state index in [4.69, 9.17) is 4.74 Å². The third kappa shape index (κ3) is 4.60. The van der Waals surface area contributed by atoms with Crippen molar-refractivity contribution in [3.63, 3.8) is 0 Å². The van der Waals surface area contributed by atoms with E-state index in [9.17, 15) is 9.90 Å². The molecular formula is C21H25NO3. The first-order valence-electron chi connectivity index (χ1n) is 8.82. The Morgan fingerprint density at radius 2 is 1.96 bits per heavy atom. The van der Waals surface area contributed by atoms with Crippen LogP contribution in [0.3, 0.4) is 0 Å². The minimum atomic E-state index is -0.252. The molecule has 2 aromatic carbocycles. The Kier molecular flexibility index (Phi) is 5.71. The van der Waals surface area contributed by atoms with Crippen LogP contribution in [0.4, 0.5) is 0 Å². The molecule has 0 spiro atoms. The van der Waals surface area contributed by atoms with E-state index >= 15 is 0 Å². The summed E-state index contributed by atoms with van der Waals surface area (Å²) in [6, 6.07) is 15.2. The summed E-state index contributed by atoms with van der Waals surface area (Å²) in [6.45, 7) is 3.19. The summed E-state index contributed by atoms with van der Waals surface area (Å²) in [4.78, 5) is 14.4. The zero-order valence-corrected chi connectivity index (χ0v) is 14.6. The first kappa shape index (κ1) is 17.5. The van der Waals surface area contributed by atoms with Gasteiger partial charge in [-0.15, -0.1) is 0 Å². The van der Waals surface area contributed by atoms with Gasteiger partial charge in [0, 0.05) is 13.1 Å². The van der Waals surface area contributed by atoms with Gasteiger partial charge in [0.2, 0.25) is 0 Å². The zero-order valence-electron chi connectivity index (χ0n) is 14.6. The van der Waals surface area contributed by atoms with Gasteiger partial charge >= 0.3 is 5.97 Å². The second-order valence-electron chi connectivity index (χ2n) is 6.72. The van der Waals surface area contributed by atoms with Crippen LogP contribution in [0.5, 0.6) is 5.75 Å². The Morgan fingerprint density at radius 1 is 1.20 bits per heavy atom. The molecule has 1 N–H and O–H groups in total. The van der Waals surface area contributed by atoms with Crippen molar-refractivity contribution in [2.24, 2.45) is 5.92 Å². The highest BCUT2D eigenvalue weighted by Crippen LogP contribution is 2.23. The summed E-state index contributed by atoms with van der Waals surface area (Å²) in [5, 5.41) is 9.35. The van der Waals surface area contributed by atoms with E-state index in [-0.39, 0.29) is 5.97 Å². The fraction of sp³-hybridized carbons (Fsp3) is 0.381. The number of esters is 1. The number of phenolic OH excluding ortho intramolecular Hbond substituents is 1. The Labute approximate surface area is 149 Å². The second kappa shape index (κ2) is 8.17. The SMILES string of the molecule is COC(=O)c1ccccc1CC1CCN(CCc2ccc(O)cc2)C1. The molecule has 0 aromatic heterocycles. The molecule has 2 aromatic rings. The Balaban J connectivity index is 1.53. The van der Waals surface area contributed by atoms with Crippen molar-refractivity contribution in [2.75, 3.05) is 26.7 Å². The van der Waals surface area contributed by atoms with Gasteiger partial charge in [0.1, 0.15) is 5.75 Å². The van der Waals surface area contributed by atoms with E-state index < -0.39 is 0 Å². The van der Waals surface area contributed by atoms with Crippen LogP contribution in [0.15, 0.2) is 48.5 Å². The molecule has 4 heteroatoms. The fourth-order valence-corrected chi connectivity index (χ4v) is 3.55. The van der Waals surface area contributed by atoms with Crippen LogP contribution < -0.4 is 0 Å². The van der Waals surface area contributed by atoms with Crippen molar-refractivity contribution in [1.82, 2.24) is 4.90 Å². The highest BCUT2D eigenvalue weighted by molar-refractivity contribution is 5.90. The molecule has 4 nitrogen and oxygen atoms in total. The molecule has 1 fully saturated rings. The fourth-order valence-electron chi connectivity index (χ4n) is 3.55. The van der Waals surface area contributed by atoms with Crippen LogP contribution in [-0.2, 0) is 17.6 Å². The lowest BCUT2D eigenvalue weighted by Gasteiger charge is -2.17. The first-order valence-corrected chi connectivity index (χ1v) is 8.82. The number of likely N-dealkylation sites (tertiary alicyclic amines) is 1. The Bertz CT molecular complexity index is 711. The average molecular weight is 339 g/mol. The number of carbonyl (C=O) groups excluding carboxylic acids is 1. The van der Waals surface area contributed by atoms with Crippen molar-refractivity contribution in [3.05, 3.63) is 65.2 Å². The molecule has 1 unspecified atom stereocenters. The van der Waals surface area contributed by atoms with E-state index in [1.54, 1.807) is 12.1 Å². The van der Waals surface area contributed by atoms with Crippen LogP contribution in [0.2, 0.25) is 0 Å². The van der Waals surface area contributed by atoms with Gasteiger partial charge in [-0.1, -0.05) is 30.3 Å². The summed E-state index contributed by atoms with van der Waals surface area (Å²) in [7, 11) is 1.43. The largest absolute Gasteiger partial charge is 0.508 e. The lowest BCUT2D eigenvalue weighted by molar-refractivity contribution is 0.0599. The number of benzene rings is 2. The number of phenols is 1. The molecule has 0 aliphatic carbocycles. The number of rotatable bonds is 6. The third-order valence-corrected chi connectivity index (χ3v) is 4.95. The normalized spacial score (nSPS) is 17.6. The van der Waals surface area contributed by atoms with E-state index in [1.165, 1.54) is 12.7 Å². The molecular weight excluding hydrogens is 314 g/mol. The standard InChI is InChI=1S/C21H25NO3/c1-25-21(24)20-5-3-2-4-18(20)14-17-11-13-22(15-17)12-10-16-6-8-19(23)9-7-16/h2-9,17,23H,10-15H2,1H3. The van der Waals surface area contributed by atoms with Gasteiger partial charge < -0.3 is 14.7 Å². The topological polar surface area (TPSA) is 49.8 Å². The number of ether oxygens (including phenoxy) is 1. The third-order valence-electron chi connectivity index (χ3n) is 4.95. The van der Waals surface area contributed by atoms with Crippen LogP contribution in [0.1, 0.15) is 27.9 Å². The highest BCUT2D eigenvalue weighted by Gasteiger charge is 2.24. The highest BCUT2D eigenvalue weighted by atomic mass is 16.5. The lowest BCUT2D eigenvalue weighted by atomic mass is 9.95. The van der Waals surface area contributed by atoms with E-state index in [0.29, 0.717) is 17.2 Å². The molecule has 25 heavy (non-hydrogen) atoms. The average Bonchev–Trinajstić information content (AvgIpc) is 3.08. The predicted molar refractivity (Wildman–Crippen MR) is 97.8 cm³/mol. The first-order chi connectivity index (χ1) is 12.2. The lowest BCUT2D eigenvalue weighted by Crippen LogP contribution is -2.24.